The molecule has 2 aromatic heterocycles. The highest BCUT2D eigenvalue weighted by Crippen LogP contribution is 2.38. The molecular formula is C13H3Cl5N4. The van der Waals surface area contributed by atoms with E-state index < -0.39 is 0 Å². The van der Waals surface area contributed by atoms with E-state index >= 15 is 0 Å². The molecule has 3 rings (SSSR count). The Hall–Kier alpha value is -1.22. The molecule has 0 fully saturated rings. The number of pyridine rings is 1. The van der Waals surface area contributed by atoms with E-state index in [1.54, 1.807) is 18.2 Å². The molecule has 22 heavy (non-hydrogen) atoms. The molecule has 0 aliphatic carbocycles. The number of nitrogens with zero attached hydrogens (tertiary/aromatic N) is 4. The van der Waals surface area contributed by atoms with E-state index in [9.17, 15) is 5.26 Å². The summed E-state index contributed by atoms with van der Waals surface area (Å²) in [6.07, 6.45) is 0. The van der Waals surface area contributed by atoms with Gasteiger partial charge in [0.2, 0.25) is 0 Å². The molecule has 0 amide bonds. The van der Waals surface area contributed by atoms with Crippen LogP contribution < -0.4 is 0 Å². The predicted octanol–water partition coefficient (Wildman–Crippen LogP) is 5.53. The Morgan fingerprint density at radius 2 is 1.68 bits per heavy atom. The summed E-state index contributed by atoms with van der Waals surface area (Å²) in [4.78, 5) is 0. The molecule has 3 aromatic rings. The smallest absolute Gasteiger partial charge is 0.182 e. The summed E-state index contributed by atoms with van der Waals surface area (Å²) in [7, 11) is 0. The van der Waals surface area contributed by atoms with Crippen LogP contribution in [-0.4, -0.2) is 14.6 Å². The zero-order chi connectivity index (χ0) is 16.0. The number of benzene rings is 1. The maximum Gasteiger partial charge on any atom is 0.182 e. The van der Waals surface area contributed by atoms with Crippen LogP contribution in [-0.2, 0) is 0 Å². The first-order chi connectivity index (χ1) is 10.5. The number of hydrogen-bond donors (Lipinski definition) is 0. The van der Waals surface area contributed by atoms with E-state index in [1.165, 1.54) is 4.40 Å². The van der Waals surface area contributed by atoms with Gasteiger partial charge in [0.25, 0.3) is 0 Å². The van der Waals surface area contributed by atoms with Crippen LogP contribution in [0.4, 0.5) is 0 Å². The summed E-state index contributed by atoms with van der Waals surface area (Å²) in [5, 5.41) is 18.0. The Morgan fingerprint density at radius 1 is 0.955 bits per heavy atom. The Labute approximate surface area is 149 Å². The van der Waals surface area contributed by atoms with Crippen molar-refractivity contribution in [3.63, 3.8) is 0 Å². The maximum absolute atomic E-state index is 9.20. The fraction of sp³-hybridized carbons (Fsp3) is 0. The molecule has 9 heteroatoms. The highest BCUT2D eigenvalue weighted by atomic mass is 35.5. The van der Waals surface area contributed by atoms with Crippen molar-refractivity contribution in [1.82, 2.24) is 14.6 Å². The van der Waals surface area contributed by atoms with Crippen LogP contribution in [0.3, 0.4) is 0 Å². The van der Waals surface area contributed by atoms with Gasteiger partial charge in [-0.25, -0.2) is 0 Å². The van der Waals surface area contributed by atoms with E-state index in [2.05, 4.69) is 10.2 Å². The summed E-state index contributed by atoms with van der Waals surface area (Å²) >= 11 is 30.6. The molecule has 4 nitrogen and oxygen atoms in total. The van der Waals surface area contributed by atoms with Gasteiger partial charge in [0.05, 0.1) is 15.1 Å². The number of halogens is 5. The summed E-state index contributed by atoms with van der Waals surface area (Å²) in [5.74, 6) is 0.308. The van der Waals surface area contributed by atoms with Gasteiger partial charge in [0.15, 0.2) is 11.5 Å². The van der Waals surface area contributed by atoms with Crippen molar-refractivity contribution in [1.29, 1.82) is 5.26 Å². The molecule has 110 valence electrons. The summed E-state index contributed by atoms with van der Waals surface area (Å²) in [6, 6.07) is 6.96. The molecule has 0 saturated carbocycles. The van der Waals surface area contributed by atoms with Gasteiger partial charge in [-0.1, -0.05) is 64.1 Å². The second-order valence-electron chi connectivity index (χ2n) is 4.19. The Balaban J connectivity index is 2.46. The van der Waals surface area contributed by atoms with E-state index in [-0.39, 0.29) is 26.4 Å². The second-order valence-corrected chi connectivity index (χ2v) is 6.09. The standard InChI is InChI=1S/C13H3Cl5N4/c14-7-3-1-2-5(8(7)15)12-20-21-13-10(17)9(16)6(4-19)11(18)22(12)13/h1-3H. The number of fused-ring (bicyclic) bond motifs is 1. The van der Waals surface area contributed by atoms with Crippen LogP contribution in [0, 0.1) is 11.3 Å². The van der Waals surface area contributed by atoms with Crippen molar-refractivity contribution in [3.05, 3.63) is 49.0 Å². The zero-order valence-corrected chi connectivity index (χ0v) is 14.2. The average molecular weight is 392 g/mol. The third kappa shape index (κ3) is 2.21. The molecule has 0 unspecified atom stereocenters. The van der Waals surface area contributed by atoms with Gasteiger partial charge in [-0.15, -0.1) is 10.2 Å². The molecule has 0 N–H and O–H groups in total. The van der Waals surface area contributed by atoms with Crippen molar-refractivity contribution in [3.8, 4) is 17.5 Å². The first-order valence-electron chi connectivity index (χ1n) is 5.73. The second kappa shape index (κ2) is 5.77. The highest BCUT2D eigenvalue weighted by molar-refractivity contribution is 6.46. The van der Waals surface area contributed by atoms with Gasteiger partial charge >= 0.3 is 0 Å². The summed E-state index contributed by atoms with van der Waals surface area (Å²) in [6.45, 7) is 0. The number of hydrogen-bond acceptors (Lipinski definition) is 3. The summed E-state index contributed by atoms with van der Waals surface area (Å²) < 4.78 is 1.41. The lowest BCUT2D eigenvalue weighted by Gasteiger charge is -2.08. The maximum atomic E-state index is 9.20. The van der Waals surface area contributed by atoms with E-state index in [4.69, 9.17) is 58.0 Å². The van der Waals surface area contributed by atoms with Crippen molar-refractivity contribution in [2.24, 2.45) is 0 Å². The number of rotatable bonds is 1. The largest absolute Gasteiger partial charge is 0.262 e. The van der Waals surface area contributed by atoms with Crippen molar-refractivity contribution < 1.29 is 0 Å². The number of nitriles is 1. The van der Waals surface area contributed by atoms with Crippen molar-refractivity contribution in [2.45, 2.75) is 0 Å². The quantitative estimate of drug-likeness (QED) is 0.511. The van der Waals surface area contributed by atoms with Crippen LogP contribution in [0.2, 0.25) is 25.2 Å². The molecule has 0 bridgehead atoms. The highest BCUT2D eigenvalue weighted by Gasteiger charge is 2.22. The molecule has 0 spiro atoms. The fourth-order valence-electron chi connectivity index (χ4n) is 1.97. The van der Waals surface area contributed by atoms with Crippen molar-refractivity contribution >= 4 is 63.7 Å². The van der Waals surface area contributed by atoms with Gasteiger partial charge in [-0.2, -0.15) is 5.26 Å². The SMILES string of the molecule is N#Cc1c(Cl)c(Cl)c2nnc(-c3cccc(Cl)c3Cl)n2c1Cl. The Kier molecular flexibility index (Phi) is 4.11. The Bertz CT molecular complexity index is 957. The molecule has 0 aliphatic rings. The minimum absolute atomic E-state index is 0.0257. The zero-order valence-electron chi connectivity index (χ0n) is 10.4. The normalized spacial score (nSPS) is 10.9. The molecule has 2 heterocycles. The monoisotopic (exact) mass is 390 g/mol. The van der Waals surface area contributed by atoms with Gasteiger partial charge in [-0.05, 0) is 12.1 Å². The minimum atomic E-state index is 0.0257. The fourth-order valence-corrected chi connectivity index (χ4v) is 3.13. The van der Waals surface area contributed by atoms with E-state index in [1.807, 2.05) is 6.07 Å². The third-order valence-corrected chi connectivity index (χ3v) is 4.99. The van der Waals surface area contributed by atoms with Crippen LogP contribution in [0.1, 0.15) is 5.56 Å². The van der Waals surface area contributed by atoms with Gasteiger partial charge in [0.1, 0.15) is 21.8 Å². The van der Waals surface area contributed by atoms with Crippen LogP contribution in [0.25, 0.3) is 17.0 Å². The molecule has 1 aromatic carbocycles. The van der Waals surface area contributed by atoms with Crippen LogP contribution in [0.15, 0.2) is 18.2 Å². The predicted molar refractivity (Wildman–Crippen MR) is 88.2 cm³/mol. The minimum Gasteiger partial charge on any atom is -0.262 e. The molecule has 0 radical (unpaired) electrons. The van der Waals surface area contributed by atoms with Gasteiger partial charge in [0, 0.05) is 5.56 Å². The number of aromatic nitrogens is 3. The first kappa shape index (κ1) is 15.7. The Morgan fingerprint density at radius 3 is 2.36 bits per heavy atom. The van der Waals surface area contributed by atoms with E-state index in [0.717, 1.165) is 0 Å². The van der Waals surface area contributed by atoms with E-state index in [0.29, 0.717) is 21.4 Å². The molecular weight excluding hydrogens is 389 g/mol. The van der Waals surface area contributed by atoms with Crippen LogP contribution >= 0.6 is 58.0 Å². The van der Waals surface area contributed by atoms with Crippen molar-refractivity contribution in [2.75, 3.05) is 0 Å². The lowest BCUT2D eigenvalue weighted by molar-refractivity contribution is 1.11. The summed E-state index contributed by atoms with van der Waals surface area (Å²) in [5.41, 5.74) is 0.757. The average Bonchev–Trinajstić information content (AvgIpc) is 2.93. The molecule has 0 saturated heterocycles. The van der Waals surface area contributed by atoms with Gasteiger partial charge < -0.3 is 0 Å². The van der Waals surface area contributed by atoms with Crippen LogP contribution in [0.5, 0.6) is 0 Å². The lowest BCUT2D eigenvalue weighted by atomic mass is 10.2. The first-order valence-corrected chi connectivity index (χ1v) is 7.62. The molecule has 0 atom stereocenters. The lowest BCUT2D eigenvalue weighted by Crippen LogP contribution is -1.97. The topological polar surface area (TPSA) is 54.0 Å². The molecule has 0 aliphatic heterocycles. The van der Waals surface area contributed by atoms with Gasteiger partial charge in [-0.3, -0.25) is 4.40 Å². The third-order valence-electron chi connectivity index (χ3n) is 2.98.